The number of hydrogen-bond acceptors (Lipinski definition) is 6. The minimum Gasteiger partial charge on any atom is -0.406 e. The van der Waals surface area contributed by atoms with E-state index >= 15 is 0 Å². The summed E-state index contributed by atoms with van der Waals surface area (Å²) < 4.78 is 42.8. The Morgan fingerprint density at radius 1 is 1.03 bits per heavy atom. The van der Waals surface area contributed by atoms with Gasteiger partial charge in [0.1, 0.15) is 11.4 Å². The van der Waals surface area contributed by atoms with Gasteiger partial charge in [-0.1, -0.05) is 5.21 Å². The molecule has 30 heavy (non-hydrogen) atoms. The summed E-state index contributed by atoms with van der Waals surface area (Å²) >= 11 is 0. The Balaban J connectivity index is 1.65. The first kappa shape index (κ1) is 20.3. The summed E-state index contributed by atoms with van der Waals surface area (Å²) in [5.41, 5.74) is 2.89. The first-order valence-electron chi connectivity index (χ1n) is 9.50. The standard InChI is InChI=1S/C20H20F3N5O2/c21-20(22,23)30-17-3-1-15(2-4-17)28-19(14-5-9-24-10-6-14)18(25-26-28)13-27-11-7-16(29)8-12-27/h1-6,9-10,16,29H,7-8,11-13H2. The molecule has 1 fully saturated rings. The van der Waals surface area contributed by atoms with E-state index in [0.717, 1.165) is 30.0 Å². The average Bonchev–Trinajstić information content (AvgIpc) is 3.13. The van der Waals surface area contributed by atoms with Crippen LogP contribution in [-0.2, 0) is 6.54 Å². The summed E-state index contributed by atoms with van der Waals surface area (Å²) in [6.07, 6.45) is -0.276. The van der Waals surface area contributed by atoms with E-state index in [4.69, 9.17) is 0 Å². The summed E-state index contributed by atoms with van der Waals surface area (Å²) in [5.74, 6) is -0.302. The van der Waals surface area contributed by atoms with Crippen molar-refractivity contribution in [3.05, 3.63) is 54.5 Å². The molecule has 0 atom stereocenters. The lowest BCUT2D eigenvalue weighted by molar-refractivity contribution is -0.274. The fourth-order valence-electron chi connectivity index (χ4n) is 3.48. The molecule has 3 aromatic rings. The van der Waals surface area contributed by atoms with Crippen molar-refractivity contribution in [2.45, 2.75) is 31.9 Å². The molecule has 0 radical (unpaired) electrons. The summed E-state index contributed by atoms with van der Waals surface area (Å²) in [4.78, 5) is 6.25. The Bertz CT molecular complexity index is 968. The van der Waals surface area contributed by atoms with Crippen molar-refractivity contribution in [1.82, 2.24) is 24.9 Å². The molecule has 1 N–H and O–H groups in total. The van der Waals surface area contributed by atoms with Gasteiger partial charge in [-0.3, -0.25) is 9.88 Å². The van der Waals surface area contributed by atoms with Crippen LogP contribution in [0.25, 0.3) is 16.9 Å². The molecule has 1 saturated heterocycles. The van der Waals surface area contributed by atoms with Gasteiger partial charge in [-0.05, 0) is 49.2 Å². The van der Waals surface area contributed by atoms with E-state index in [1.54, 1.807) is 17.1 Å². The number of aliphatic hydroxyl groups is 1. The summed E-state index contributed by atoms with van der Waals surface area (Å²) in [6.45, 7) is 2.07. The SMILES string of the molecule is OC1CCN(Cc2nnn(-c3ccc(OC(F)(F)F)cc3)c2-c2ccncc2)CC1. The van der Waals surface area contributed by atoms with E-state index in [-0.39, 0.29) is 11.9 Å². The second kappa shape index (κ2) is 8.41. The highest BCUT2D eigenvalue weighted by molar-refractivity contribution is 5.63. The zero-order valence-electron chi connectivity index (χ0n) is 16.0. The van der Waals surface area contributed by atoms with Crippen LogP contribution in [0.1, 0.15) is 18.5 Å². The molecule has 7 nitrogen and oxygen atoms in total. The number of aliphatic hydroxyl groups excluding tert-OH is 1. The van der Waals surface area contributed by atoms with Crippen molar-refractivity contribution in [2.24, 2.45) is 0 Å². The molecule has 0 saturated carbocycles. The fourth-order valence-corrected chi connectivity index (χ4v) is 3.48. The van der Waals surface area contributed by atoms with Crippen LogP contribution in [0.2, 0.25) is 0 Å². The molecule has 0 unspecified atom stereocenters. The van der Waals surface area contributed by atoms with E-state index in [0.29, 0.717) is 25.1 Å². The van der Waals surface area contributed by atoms with Crippen LogP contribution >= 0.6 is 0 Å². The van der Waals surface area contributed by atoms with E-state index in [1.807, 2.05) is 12.1 Å². The zero-order valence-corrected chi connectivity index (χ0v) is 16.0. The van der Waals surface area contributed by atoms with Gasteiger partial charge in [0, 0.05) is 37.6 Å². The third-order valence-electron chi connectivity index (χ3n) is 4.94. The van der Waals surface area contributed by atoms with Crippen molar-refractivity contribution in [3.63, 3.8) is 0 Å². The van der Waals surface area contributed by atoms with Crippen LogP contribution in [0.15, 0.2) is 48.8 Å². The minimum atomic E-state index is -4.74. The first-order valence-corrected chi connectivity index (χ1v) is 9.50. The molecule has 3 heterocycles. The minimum absolute atomic E-state index is 0.269. The highest BCUT2D eigenvalue weighted by Gasteiger charge is 2.31. The highest BCUT2D eigenvalue weighted by atomic mass is 19.4. The first-order chi connectivity index (χ1) is 14.4. The lowest BCUT2D eigenvalue weighted by Crippen LogP contribution is -2.35. The van der Waals surface area contributed by atoms with Gasteiger partial charge in [-0.25, -0.2) is 4.68 Å². The molecule has 0 amide bonds. The molecule has 0 spiro atoms. The number of benzene rings is 1. The number of halogens is 3. The van der Waals surface area contributed by atoms with E-state index in [9.17, 15) is 18.3 Å². The van der Waals surface area contributed by atoms with E-state index in [1.165, 1.54) is 24.3 Å². The maximum atomic E-state index is 12.4. The van der Waals surface area contributed by atoms with Gasteiger partial charge in [0.05, 0.1) is 17.5 Å². The lowest BCUT2D eigenvalue weighted by atomic mass is 10.1. The van der Waals surface area contributed by atoms with Gasteiger partial charge in [0.25, 0.3) is 0 Å². The molecule has 2 aromatic heterocycles. The maximum Gasteiger partial charge on any atom is 0.573 e. The number of piperidine rings is 1. The number of ether oxygens (including phenoxy) is 1. The van der Waals surface area contributed by atoms with Crippen LogP contribution in [0.4, 0.5) is 13.2 Å². The smallest absolute Gasteiger partial charge is 0.406 e. The number of pyridine rings is 1. The third-order valence-corrected chi connectivity index (χ3v) is 4.94. The molecule has 158 valence electrons. The predicted octanol–water partition coefficient (Wildman–Crippen LogP) is 3.18. The Morgan fingerprint density at radius 2 is 1.70 bits per heavy atom. The van der Waals surface area contributed by atoms with Crippen molar-refractivity contribution < 1.29 is 23.0 Å². The summed E-state index contributed by atoms with van der Waals surface area (Å²) in [7, 11) is 0. The van der Waals surface area contributed by atoms with Crippen LogP contribution in [0, 0.1) is 0 Å². The van der Waals surface area contributed by atoms with Crippen molar-refractivity contribution in [2.75, 3.05) is 13.1 Å². The molecule has 1 aliphatic heterocycles. The Hall–Kier alpha value is -2.98. The topological polar surface area (TPSA) is 76.3 Å². The van der Waals surface area contributed by atoms with Gasteiger partial charge in [-0.2, -0.15) is 0 Å². The number of likely N-dealkylation sites (tertiary alicyclic amines) is 1. The predicted molar refractivity (Wildman–Crippen MR) is 102 cm³/mol. The number of aromatic nitrogens is 4. The van der Waals surface area contributed by atoms with Crippen molar-refractivity contribution >= 4 is 0 Å². The molecule has 4 rings (SSSR count). The van der Waals surface area contributed by atoms with Crippen LogP contribution in [-0.4, -0.2) is 55.5 Å². The lowest BCUT2D eigenvalue weighted by Gasteiger charge is -2.28. The fraction of sp³-hybridized carbons (Fsp3) is 0.350. The number of rotatable bonds is 5. The Labute approximate surface area is 170 Å². The monoisotopic (exact) mass is 419 g/mol. The largest absolute Gasteiger partial charge is 0.573 e. The number of hydrogen-bond donors (Lipinski definition) is 1. The van der Waals surface area contributed by atoms with Crippen LogP contribution in [0.3, 0.4) is 0 Å². The van der Waals surface area contributed by atoms with Gasteiger partial charge >= 0.3 is 6.36 Å². The third kappa shape index (κ3) is 4.77. The van der Waals surface area contributed by atoms with Gasteiger partial charge in [-0.15, -0.1) is 18.3 Å². The molecular weight excluding hydrogens is 399 g/mol. The molecule has 10 heteroatoms. The van der Waals surface area contributed by atoms with E-state index in [2.05, 4.69) is 24.9 Å². The quantitative estimate of drug-likeness (QED) is 0.685. The zero-order chi connectivity index (χ0) is 21.1. The maximum absolute atomic E-state index is 12.4. The molecular formula is C20H20F3N5O2. The van der Waals surface area contributed by atoms with Gasteiger partial charge in [0.2, 0.25) is 0 Å². The van der Waals surface area contributed by atoms with E-state index < -0.39 is 6.36 Å². The van der Waals surface area contributed by atoms with Gasteiger partial charge < -0.3 is 9.84 Å². The molecule has 0 aliphatic carbocycles. The second-order valence-corrected chi connectivity index (χ2v) is 7.08. The van der Waals surface area contributed by atoms with Crippen molar-refractivity contribution in [1.29, 1.82) is 0 Å². The molecule has 0 bridgehead atoms. The average molecular weight is 419 g/mol. The second-order valence-electron chi connectivity index (χ2n) is 7.08. The Kier molecular flexibility index (Phi) is 5.69. The number of nitrogens with zero attached hydrogens (tertiary/aromatic N) is 5. The summed E-state index contributed by atoms with van der Waals surface area (Å²) in [5, 5.41) is 18.3. The molecule has 1 aliphatic rings. The van der Waals surface area contributed by atoms with Crippen molar-refractivity contribution in [3.8, 4) is 22.7 Å². The van der Waals surface area contributed by atoms with Crippen LogP contribution in [0.5, 0.6) is 5.75 Å². The summed E-state index contributed by atoms with van der Waals surface area (Å²) in [6, 6.07) is 9.15. The normalized spacial score (nSPS) is 16.0. The van der Waals surface area contributed by atoms with Crippen LogP contribution < -0.4 is 4.74 Å². The highest BCUT2D eigenvalue weighted by Crippen LogP contribution is 2.28. The number of alkyl halides is 3. The molecule has 1 aromatic carbocycles. The Morgan fingerprint density at radius 3 is 2.33 bits per heavy atom. The van der Waals surface area contributed by atoms with Gasteiger partial charge in [0.15, 0.2) is 0 Å².